The number of hydrogen-bond acceptors (Lipinski definition) is 5. The Morgan fingerprint density at radius 2 is 1.43 bits per heavy atom. The highest BCUT2D eigenvalue weighted by molar-refractivity contribution is 5.91. The van der Waals surface area contributed by atoms with E-state index in [1.165, 1.54) is 57.8 Å². The van der Waals surface area contributed by atoms with Crippen molar-refractivity contribution < 1.29 is 23.7 Å². The van der Waals surface area contributed by atoms with Gasteiger partial charge in [0.2, 0.25) is 0 Å². The fraction of sp³-hybridized carbons (Fsp3) is 0.594. The Bertz CT molecular complexity index is 884. The Hall–Kier alpha value is -2.37. The molecular weight excluding hydrogens is 464 g/mol. The minimum atomic E-state index is -0.393. The highest BCUT2D eigenvalue weighted by atomic mass is 16.7. The first-order valence-electron chi connectivity index (χ1n) is 14.4. The number of rotatable bonds is 16. The van der Waals surface area contributed by atoms with Crippen molar-refractivity contribution in [1.29, 1.82) is 0 Å². The molecule has 3 rings (SSSR count). The van der Waals surface area contributed by atoms with E-state index in [0.29, 0.717) is 29.8 Å². The first kappa shape index (κ1) is 29.2. The molecule has 0 amide bonds. The van der Waals surface area contributed by atoms with Crippen molar-refractivity contribution >= 4 is 5.97 Å². The van der Waals surface area contributed by atoms with E-state index >= 15 is 0 Å². The summed E-state index contributed by atoms with van der Waals surface area (Å²) in [4.78, 5) is 12.5. The highest BCUT2D eigenvalue weighted by Crippen LogP contribution is 2.29. The summed E-state index contributed by atoms with van der Waals surface area (Å²) < 4.78 is 23.3. The van der Waals surface area contributed by atoms with Crippen LogP contribution in [0.25, 0.3) is 0 Å². The molecule has 2 aromatic rings. The molecule has 1 aliphatic heterocycles. The number of carbonyl (C=O) groups is 1. The summed E-state index contributed by atoms with van der Waals surface area (Å²) in [6.45, 7) is 8.69. The number of carbonyl (C=O) groups excluding carboxylic acids is 1. The lowest BCUT2D eigenvalue weighted by molar-refractivity contribution is -0.206. The van der Waals surface area contributed by atoms with Gasteiger partial charge in [-0.05, 0) is 48.7 Å². The first-order valence-corrected chi connectivity index (χ1v) is 14.4. The zero-order chi connectivity index (χ0) is 26.3. The number of benzene rings is 2. The van der Waals surface area contributed by atoms with E-state index in [0.717, 1.165) is 30.9 Å². The quantitative estimate of drug-likeness (QED) is 0.129. The second kappa shape index (κ2) is 16.5. The maximum atomic E-state index is 12.5. The second-order valence-corrected chi connectivity index (χ2v) is 10.4. The van der Waals surface area contributed by atoms with Crippen LogP contribution in [0.3, 0.4) is 0 Å². The van der Waals surface area contributed by atoms with Crippen molar-refractivity contribution in [3.63, 3.8) is 0 Å². The smallest absolute Gasteiger partial charge is 0.343 e. The minimum absolute atomic E-state index is 0.359. The predicted molar refractivity (Wildman–Crippen MR) is 148 cm³/mol. The van der Waals surface area contributed by atoms with Crippen LogP contribution < -0.4 is 9.47 Å². The largest absolute Gasteiger partial charge is 0.493 e. The Morgan fingerprint density at radius 1 is 0.838 bits per heavy atom. The van der Waals surface area contributed by atoms with Crippen LogP contribution in [-0.4, -0.2) is 25.8 Å². The third kappa shape index (κ3) is 10.5. The lowest BCUT2D eigenvalue weighted by Crippen LogP contribution is -2.27. The molecule has 0 unspecified atom stereocenters. The Balaban J connectivity index is 1.35. The summed E-state index contributed by atoms with van der Waals surface area (Å²) in [5.41, 5.74) is 1.43. The average Bonchev–Trinajstić information content (AvgIpc) is 2.94. The Labute approximate surface area is 223 Å². The Morgan fingerprint density at radius 3 is 2.05 bits per heavy atom. The van der Waals surface area contributed by atoms with E-state index in [9.17, 15) is 4.79 Å². The molecule has 0 aliphatic carbocycles. The SMILES string of the molecule is CCCCCCCCCCC1COC(c2ccc(OC(=O)c3ccc(OC[C@@H](C)CC)cc3)cc2)OC1. The molecule has 5 nitrogen and oxygen atoms in total. The van der Waals surface area contributed by atoms with Gasteiger partial charge in [-0.15, -0.1) is 0 Å². The molecule has 0 saturated carbocycles. The van der Waals surface area contributed by atoms with Crippen LogP contribution in [0.2, 0.25) is 0 Å². The van der Waals surface area contributed by atoms with Crippen LogP contribution in [0.1, 0.15) is 107 Å². The van der Waals surface area contributed by atoms with Crippen LogP contribution >= 0.6 is 0 Å². The highest BCUT2D eigenvalue weighted by Gasteiger charge is 2.23. The van der Waals surface area contributed by atoms with Crippen LogP contribution in [0.4, 0.5) is 0 Å². The van der Waals surface area contributed by atoms with Gasteiger partial charge in [0, 0.05) is 11.5 Å². The van der Waals surface area contributed by atoms with E-state index in [1.807, 2.05) is 24.3 Å². The van der Waals surface area contributed by atoms with E-state index in [4.69, 9.17) is 18.9 Å². The molecule has 2 aromatic carbocycles. The van der Waals surface area contributed by atoms with Gasteiger partial charge in [0.25, 0.3) is 0 Å². The summed E-state index contributed by atoms with van der Waals surface area (Å²) in [5, 5.41) is 0. The molecule has 1 atom stereocenters. The molecule has 1 saturated heterocycles. The van der Waals surface area contributed by atoms with Crippen molar-refractivity contribution in [2.24, 2.45) is 11.8 Å². The van der Waals surface area contributed by atoms with Crippen molar-refractivity contribution in [3.05, 3.63) is 59.7 Å². The zero-order valence-corrected chi connectivity index (χ0v) is 23.1. The molecule has 5 heteroatoms. The molecule has 0 spiro atoms. The summed E-state index contributed by atoms with van der Waals surface area (Å²) in [5.74, 6) is 1.83. The zero-order valence-electron chi connectivity index (χ0n) is 23.1. The Kier molecular flexibility index (Phi) is 13.0. The van der Waals surface area contributed by atoms with Gasteiger partial charge in [-0.3, -0.25) is 0 Å². The summed E-state index contributed by atoms with van der Waals surface area (Å²) >= 11 is 0. The van der Waals surface area contributed by atoms with Gasteiger partial charge in [-0.2, -0.15) is 0 Å². The first-order chi connectivity index (χ1) is 18.1. The summed E-state index contributed by atoms with van der Waals surface area (Å²) in [6, 6.07) is 14.5. The van der Waals surface area contributed by atoms with Gasteiger partial charge < -0.3 is 18.9 Å². The molecule has 0 bridgehead atoms. The van der Waals surface area contributed by atoms with E-state index < -0.39 is 5.97 Å². The maximum Gasteiger partial charge on any atom is 0.343 e. The normalized spacial score (nSPS) is 18.4. The maximum absolute atomic E-state index is 12.5. The lowest BCUT2D eigenvalue weighted by atomic mass is 10.0. The molecule has 1 heterocycles. The lowest BCUT2D eigenvalue weighted by Gasteiger charge is -2.29. The number of hydrogen-bond donors (Lipinski definition) is 0. The van der Waals surface area contributed by atoms with Crippen molar-refractivity contribution in [2.75, 3.05) is 19.8 Å². The molecule has 0 aromatic heterocycles. The van der Waals surface area contributed by atoms with Gasteiger partial charge in [0.15, 0.2) is 6.29 Å². The van der Waals surface area contributed by atoms with Gasteiger partial charge in [0.1, 0.15) is 11.5 Å². The van der Waals surface area contributed by atoms with Crippen LogP contribution in [0.5, 0.6) is 11.5 Å². The van der Waals surface area contributed by atoms with Crippen molar-refractivity contribution in [2.45, 2.75) is 91.3 Å². The summed E-state index contributed by atoms with van der Waals surface area (Å²) in [7, 11) is 0. The molecular formula is C32H46O5. The number of ether oxygens (including phenoxy) is 4. The number of unbranched alkanes of at least 4 members (excludes halogenated alkanes) is 7. The fourth-order valence-electron chi connectivity index (χ4n) is 4.37. The van der Waals surface area contributed by atoms with Crippen LogP contribution in [-0.2, 0) is 9.47 Å². The summed E-state index contributed by atoms with van der Waals surface area (Å²) in [6.07, 6.45) is 12.6. The van der Waals surface area contributed by atoms with E-state index in [1.54, 1.807) is 24.3 Å². The third-order valence-electron chi connectivity index (χ3n) is 7.12. The predicted octanol–water partition coefficient (Wildman–Crippen LogP) is 8.52. The molecule has 1 aliphatic rings. The van der Waals surface area contributed by atoms with Gasteiger partial charge in [0.05, 0.1) is 25.4 Å². The molecule has 204 valence electrons. The van der Waals surface area contributed by atoms with Crippen LogP contribution in [0.15, 0.2) is 48.5 Å². The topological polar surface area (TPSA) is 54.0 Å². The van der Waals surface area contributed by atoms with Crippen LogP contribution in [0, 0.1) is 11.8 Å². The number of esters is 1. The third-order valence-corrected chi connectivity index (χ3v) is 7.12. The fourth-order valence-corrected chi connectivity index (χ4v) is 4.37. The monoisotopic (exact) mass is 510 g/mol. The van der Waals surface area contributed by atoms with E-state index in [2.05, 4.69) is 20.8 Å². The van der Waals surface area contributed by atoms with E-state index in [-0.39, 0.29) is 6.29 Å². The molecule has 0 N–H and O–H groups in total. The van der Waals surface area contributed by atoms with Gasteiger partial charge in [-0.25, -0.2) is 4.79 Å². The molecule has 0 radical (unpaired) electrons. The van der Waals surface area contributed by atoms with Crippen molar-refractivity contribution in [1.82, 2.24) is 0 Å². The van der Waals surface area contributed by atoms with Gasteiger partial charge >= 0.3 is 5.97 Å². The van der Waals surface area contributed by atoms with Crippen molar-refractivity contribution in [3.8, 4) is 11.5 Å². The minimum Gasteiger partial charge on any atom is -0.493 e. The standard InChI is InChI=1S/C32H46O5/c1-4-6-7-8-9-10-11-12-13-26-23-35-32(36-24-26)28-16-20-30(21-17-28)37-31(33)27-14-18-29(19-15-27)34-22-25(3)5-2/h14-21,25-26,32H,4-13,22-24H2,1-3H3/t25-,26?,32?/m0/s1. The van der Waals surface area contributed by atoms with Gasteiger partial charge in [-0.1, -0.05) is 90.7 Å². The molecule has 1 fully saturated rings. The average molecular weight is 511 g/mol. The molecule has 37 heavy (non-hydrogen) atoms. The second-order valence-electron chi connectivity index (χ2n) is 10.4.